The number of rotatable bonds is 1. The van der Waals surface area contributed by atoms with Gasteiger partial charge in [-0.1, -0.05) is 18.2 Å². The molecule has 2 heterocycles. The summed E-state index contributed by atoms with van der Waals surface area (Å²) in [5.74, 6) is 0.784. The van der Waals surface area contributed by atoms with Crippen molar-refractivity contribution in [2.45, 2.75) is 0 Å². The van der Waals surface area contributed by atoms with E-state index in [1.54, 1.807) is 12.5 Å². The Morgan fingerprint density at radius 2 is 2.00 bits per heavy atom. The van der Waals surface area contributed by atoms with Crippen molar-refractivity contribution < 1.29 is 0 Å². The maximum atomic E-state index is 4.14. The highest BCUT2D eigenvalue weighted by Crippen LogP contribution is 2.12. The second-order valence-electron chi connectivity index (χ2n) is 3.23. The first-order chi connectivity index (χ1) is 7.43. The fraction of sp³-hybridized carbons (Fsp3) is 0. The van der Waals surface area contributed by atoms with Gasteiger partial charge in [0, 0.05) is 17.8 Å². The van der Waals surface area contributed by atoms with Crippen LogP contribution < -0.4 is 0 Å². The normalized spacial score (nSPS) is 10.7. The fourth-order valence-electron chi connectivity index (χ4n) is 1.49. The minimum atomic E-state index is 0.784. The van der Waals surface area contributed by atoms with E-state index in [0.717, 1.165) is 16.7 Å². The number of imidazole rings is 1. The summed E-state index contributed by atoms with van der Waals surface area (Å²) in [5, 5.41) is 9.34. The first-order valence-electron chi connectivity index (χ1n) is 4.64. The highest BCUT2D eigenvalue weighted by Gasteiger charge is 1.99. The maximum Gasteiger partial charge on any atom is 0.161 e. The van der Waals surface area contributed by atoms with Gasteiger partial charge in [0.05, 0.1) is 5.52 Å². The lowest BCUT2D eigenvalue weighted by Gasteiger charge is -2.01. The topological polar surface area (TPSA) is 43.6 Å². The van der Waals surface area contributed by atoms with E-state index in [1.165, 1.54) is 0 Å². The molecule has 3 rings (SSSR count). The smallest absolute Gasteiger partial charge is 0.161 e. The Bertz CT molecular complexity index is 586. The van der Waals surface area contributed by atoms with Crippen molar-refractivity contribution >= 4 is 10.9 Å². The van der Waals surface area contributed by atoms with E-state index in [-0.39, 0.29) is 0 Å². The van der Waals surface area contributed by atoms with Crippen LogP contribution in [0.4, 0.5) is 0 Å². The molecule has 4 heteroatoms. The van der Waals surface area contributed by atoms with Crippen molar-refractivity contribution in [2.75, 3.05) is 0 Å². The number of hydrogen-bond donors (Lipinski definition) is 0. The van der Waals surface area contributed by atoms with Gasteiger partial charge in [0.1, 0.15) is 6.33 Å². The predicted molar refractivity (Wildman–Crippen MR) is 56.7 cm³/mol. The third kappa shape index (κ3) is 1.36. The first kappa shape index (κ1) is 8.11. The third-order valence-electron chi connectivity index (χ3n) is 2.25. The summed E-state index contributed by atoms with van der Waals surface area (Å²) < 4.78 is 1.83. The molecule has 72 valence electrons. The number of fused-ring (bicyclic) bond motifs is 1. The Balaban J connectivity index is 2.22. The van der Waals surface area contributed by atoms with Gasteiger partial charge in [0.25, 0.3) is 0 Å². The SMILES string of the molecule is c1ccc2nnc(-n3ccnc3)cc2c1. The van der Waals surface area contributed by atoms with E-state index < -0.39 is 0 Å². The standard InChI is InChI=1S/C11H8N4/c1-2-4-10-9(3-1)7-11(14-13-10)15-6-5-12-8-15/h1-8H. The molecule has 4 nitrogen and oxygen atoms in total. The Morgan fingerprint density at radius 3 is 2.87 bits per heavy atom. The number of benzene rings is 1. The van der Waals surface area contributed by atoms with Crippen molar-refractivity contribution in [2.24, 2.45) is 0 Å². The Hall–Kier alpha value is -2.23. The molecule has 1 aromatic carbocycles. The summed E-state index contributed by atoms with van der Waals surface area (Å²) in [5.41, 5.74) is 0.904. The van der Waals surface area contributed by atoms with Gasteiger partial charge in [0.2, 0.25) is 0 Å². The quantitative estimate of drug-likeness (QED) is 0.596. The Labute approximate surface area is 86.2 Å². The number of hydrogen-bond acceptors (Lipinski definition) is 3. The molecule has 0 N–H and O–H groups in total. The summed E-state index contributed by atoms with van der Waals surface area (Å²) in [7, 11) is 0. The molecular formula is C11H8N4. The van der Waals surface area contributed by atoms with Crippen molar-refractivity contribution in [1.29, 1.82) is 0 Å². The molecule has 0 fully saturated rings. The summed E-state index contributed by atoms with van der Waals surface area (Å²) in [6.07, 6.45) is 5.27. The molecule has 0 spiro atoms. The van der Waals surface area contributed by atoms with Crippen LogP contribution in [-0.2, 0) is 0 Å². The lowest BCUT2D eigenvalue weighted by atomic mass is 10.2. The van der Waals surface area contributed by atoms with Crippen LogP contribution in [0, 0.1) is 0 Å². The molecule has 0 amide bonds. The molecular weight excluding hydrogens is 188 g/mol. The molecule has 2 aromatic heterocycles. The van der Waals surface area contributed by atoms with Gasteiger partial charge < -0.3 is 0 Å². The Kier molecular flexibility index (Phi) is 1.71. The lowest BCUT2D eigenvalue weighted by Crippen LogP contribution is -1.96. The molecule has 0 aliphatic rings. The number of aromatic nitrogens is 4. The highest BCUT2D eigenvalue weighted by molar-refractivity contribution is 5.78. The van der Waals surface area contributed by atoms with Crippen LogP contribution in [0.5, 0.6) is 0 Å². The van der Waals surface area contributed by atoms with E-state index >= 15 is 0 Å². The maximum absolute atomic E-state index is 4.14. The summed E-state index contributed by atoms with van der Waals surface area (Å²) in [6.45, 7) is 0. The van der Waals surface area contributed by atoms with Crippen molar-refractivity contribution in [3.05, 3.63) is 49.1 Å². The molecule has 0 aliphatic heterocycles. The van der Waals surface area contributed by atoms with E-state index in [4.69, 9.17) is 0 Å². The second-order valence-corrected chi connectivity index (χ2v) is 3.23. The molecule has 0 saturated heterocycles. The third-order valence-corrected chi connectivity index (χ3v) is 2.25. The minimum absolute atomic E-state index is 0.784. The predicted octanol–water partition coefficient (Wildman–Crippen LogP) is 1.82. The molecule has 0 radical (unpaired) electrons. The van der Waals surface area contributed by atoms with Crippen LogP contribution in [0.25, 0.3) is 16.7 Å². The van der Waals surface area contributed by atoms with Crippen LogP contribution >= 0.6 is 0 Å². The lowest BCUT2D eigenvalue weighted by molar-refractivity contribution is 0.932. The largest absolute Gasteiger partial charge is 0.289 e. The Morgan fingerprint density at radius 1 is 1.07 bits per heavy atom. The minimum Gasteiger partial charge on any atom is -0.289 e. The van der Waals surface area contributed by atoms with Crippen molar-refractivity contribution in [3.8, 4) is 5.82 Å². The van der Waals surface area contributed by atoms with Gasteiger partial charge in [0.15, 0.2) is 5.82 Å². The van der Waals surface area contributed by atoms with E-state index in [9.17, 15) is 0 Å². The molecule has 0 atom stereocenters. The molecule has 0 unspecified atom stereocenters. The van der Waals surface area contributed by atoms with Gasteiger partial charge in [-0.15, -0.1) is 10.2 Å². The zero-order valence-corrected chi connectivity index (χ0v) is 7.91. The zero-order valence-electron chi connectivity index (χ0n) is 7.91. The summed E-state index contributed by atoms with van der Waals surface area (Å²) >= 11 is 0. The van der Waals surface area contributed by atoms with E-state index in [0.29, 0.717) is 0 Å². The van der Waals surface area contributed by atoms with E-state index in [1.807, 2.05) is 41.1 Å². The molecule has 3 aromatic rings. The monoisotopic (exact) mass is 196 g/mol. The van der Waals surface area contributed by atoms with Gasteiger partial charge in [-0.25, -0.2) is 4.98 Å². The second kappa shape index (κ2) is 3.16. The molecule has 0 saturated carbocycles. The van der Waals surface area contributed by atoms with Crippen LogP contribution in [0.2, 0.25) is 0 Å². The van der Waals surface area contributed by atoms with E-state index in [2.05, 4.69) is 15.2 Å². The van der Waals surface area contributed by atoms with Crippen molar-refractivity contribution in [3.63, 3.8) is 0 Å². The molecule has 0 aliphatic carbocycles. The molecule has 0 bridgehead atoms. The average molecular weight is 196 g/mol. The van der Waals surface area contributed by atoms with Crippen molar-refractivity contribution in [1.82, 2.24) is 19.7 Å². The summed E-state index contributed by atoms with van der Waals surface area (Å²) in [4.78, 5) is 3.97. The first-order valence-corrected chi connectivity index (χ1v) is 4.64. The van der Waals surface area contributed by atoms with Crippen LogP contribution in [0.3, 0.4) is 0 Å². The average Bonchev–Trinajstić information content (AvgIpc) is 2.82. The van der Waals surface area contributed by atoms with Gasteiger partial charge >= 0.3 is 0 Å². The highest BCUT2D eigenvalue weighted by atomic mass is 15.2. The zero-order chi connectivity index (χ0) is 10.1. The fourth-order valence-corrected chi connectivity index (χ4v) is 1.49. The molecule has 15 heavy (non-hydrogen) atoms. The summed E-state index contributed by atoms with van der Waals surface area (Å²) in [6, 6.07) is 9.89. The van der Waals surface area contributed by atoms with Crippen LogP contribution in [0.15, 0.2) is 49.1 Å². The van der Waals surface area contributed by atoms with Gasteiger partial charge in [-0.05, 0) is 12.1 Å². The van der Waals surface area contributed by atoms with Crippen LogP contribution in [-0.4, -0.2) is 19.7 Å². The van der Waals surface area contributed by atoms with Crippen LogP contribution in [0.1, 0.15) is 0 Å². The number of nitrogens with zero attached hydrogens (tertiary/aromatic N) is 4. The van der Waals surface area contributed by atoms with Gasteiger partial charge in [-0.3, -0.25) is 4.57 Å². The van der Waals surface area contributed by atoms with Gasteiger partial charge in [-0.2, -0.15) is 0 Å².